The number of nitrogens with zero attached hydrogens (tertiary/aromatic N) is 1. The smallest absolute Gasteiger partial charge is 0.407 e. The van der Waals surface area contributed by atoms with Crippen LogP contribution >= 0.6 is 0 Å². The molecule has 104 valence electrons. The Morgan fingerprint density at radius 3 is 2.79 bits per heavy atom. The van der Waals surface area contributed by atoms with E-state index >= 15 is 0 Å². The highest BCUT2D eigenvalue weighted by Crippen LogP contribution is 2.36. The van der Waals surface area contributed by atoms with Crippen molar-refractivity contribution in [1.29, 1.82) is 0 Å². The van der Waals surface area contributed by atoms with Gasteiger partial charge in [-0.3, -0.25) is 0 Å². The van der Waals surface area contributed by atoms with Crippen LogP contribution in [-0.4, -0.2) is 22.6 Å². The zero-order valence-electron chi connectivity index (χ0n) is 11.8. The van der Waals surface area contributed by atoms with Gasteiger partial charge in [-0.05, 0) is 48.4 Å². The lowest BCUT2D eigenvalue weighted by atomic mass is 9.86. The van der Waals surface area contributed by atoms with Gasteiger partial charge in [0.15, 0.2) is 0 Å². The topological polar surface area (TPSA) is 66.6 Å². The normalized spacial score (nSPS) is 18.5. The Bertz CT molecular complexity index is 497. The van der Waals surface area contributed by atoms with E-state index in [9.17, 15) is 9.90 Å². The van der Waals surface area contributed by atoms with Crippen LogP contribution in [0.1, 0.15) is 43.0 Å². The van der Waals surface area contributed by atoms with Crippen molar-refractivity contribution in [3.63, 3.8) is 0 Å². The predicted molar refractivity (Wildman–Crippen MR) is 76.2 cm³/mol. The van der Waals surface area contributed by atoms with Crippen LogP contribution in [0.15, 0.2) is 12.1 Å². The van der Waals surface area contributed by atoms with Crippen molar-refractivity contribution in [2.24, 2.45) is 5.92 Å². The number of anilines is 1. The molecule has 1 aromatic carbocycles. The number of hydrogen-bond acceptors (Lipinski definition) is 2. The van der Waals surface area contributed by atoms with Gasteiger partial charge in [-0.1, -0.05) is 19.9 Å². The second kappa shape index (κ2) is 5.11. The van der Waals surface area contributed by atoms with Gasteiger partial charge < -0.3 is 15.7 Å². The van der Waals surface area contributed by atoms with Gasteiger partial charge in [0.25, 0.3) is 0 Å². The summed E-state index contributed by atoms with van der Waals surface area (Å²) in [5.41, 5.74) is 10.1. The Morgan fingerprint density at radius 2 is 2.21 bits per heavy atom. The number of fused-ring (bicyclic) bond motifs is 1. The number of nitrogen functional groups attached to an aromatic ring is 1. The lowest BCUT2D eigenvalue weighted by molar-refractivity contribution is 0.113. The van der Waals surface area contributed by atoms with E-state index in [4.69, 9.17) is 5.73 Å². The molecule has 4 heteroatoms. The lowest BCUT2D eigenvalue weighted by Gasteiger charge is -2.37. The molecule has 0 aromatic heterocycles. The molecule has 1 heterocycles. The predicted octanol–water partition coefficient (Wildman–Crippen LogP) is 3.20. The monoisotopic (exact) mass is 262 g/mol. The highest BCUT2D eigenvalue weighted by molar-refractivity contribution is 5.67. The zero-order valence-corrected chi connectivity index (χ0v) is 11.8. The van der Waals surface area contributed by atoms with Gasteiger partial charge in [0.1, 0.15) is 0 Å². The second-order valence-electron chi connectivity index (χ2n) is 5.78. The third-order valence-corrected chi connectivity index (χ3v) is 3.83. The van der Waals surface area contributed by atoms with Crippen LogP contribution in [0.25, 0.3) is 0 Å². The van der Waals surface area contributed by atoms with Crippen molar-refractivity contribution in [3.05, 3.63) is 28.8 Å². The molecule has 1 atom stereocenters. The largest absolute Gasteiger partial charge is 0.465 e. The van der Waals surface area contributed by atoms with E-state index in [1.165, 1.54) is 5.56 Å². The third kappa shape index (κ3) is 2.67. The summed E-state index contributed by atoms with van der Waals surface area (Å²) in [5, 5.41) is 9.37. The maximum atomic E-state index is 11.4. The van der Waals surface area contributed by atoms with E-state index in [1.54, 1.807) is 4.90 Å². The minimum atomic E-state index is -0.828. The molecule has 19 heavy (non-hydrogen) atoms. The van der Waals surface area contributed by atoms with E-state index in [0.717, 1.165) is 29.7 Å². The van der Waals surface area contributed by atoms with Crippen molar-refractivity contribution >= 4 is 11.8 Å². The summed E-state index contributed by atoms with van der Waals surface area (Å²) in [4.78, 5) is 13.0. The fraction of sp³-hybridized carbons (Fsp3) is 0.533. The quantitative estimate of drug-likeness (QED) is 0.804. The first-order valence-corrected chi connectivity index (χ1v) is 6.78. The number of carbonyl (C=O) groups is 1. The van der Waals surface area contributed by atoms with Crippen molar-refractivity contribution in [2.75, 3.05) is 12.3 Å². The Kier molecular flexibility index (Phi) is 3.69. The van der Waals surface area contributed by atoms with Gasteiger partial charge in [0.05, 0.1) is 6.04 Å². The molecule has 0 fully saturated rings. The molecule has 1 aliphatic heterocycles. The maximum absolute atomic E-state index is 11.4. The highest BCUT2D eigenvalue weighted by atomic mass is 16.4. The molecule has 2 rings (SSSR count). The number of nitrogens with two attached hydrogens (primary N) is 1. The average molecular weight is 262 g/mol. The summed E-state index contributed by atoms with van der Waals surface area (Å²) in [5.74, 6) is 0.454. The van der Waals surface area contributed by atoms with Crippen molar-refractivity contribution in [2.45, 2.75) is 39.7 Å². The van der Waals surface area contributed by atoms with E-state index in [1.807, 2.05) is 13.0 Å². The molecule has 0 radical (unpaired) electrons. The number of benzene rings is 1. The molecule has 1 aliphatic rings. The van der Waals surface area contributed by atoms with Crippen LogP contribution in [0.4, 0.5) is 10.5 Å². The van der Waals surface area contributed by atoms with Gasteiger partial charge in [-0.25, -0.2) is 4.79 Å². The molecular weight excluding hydrogens is 240 g/mol. The van der Waals surface area contributed by atoms with E-state index in [0.29, 0.717) is 12.5 Å². The van der Waals surface area contributed by atoms with Crippen molar-refractivity contribution < 1.29 is 9.90 Å². The summed E-state index contributed by atoms with van der Waals surface area (Å²) in [7, 11) is 0. The van der Waals surface area contributed by atoms with Gasteiger partial charge in [-0.15, -0.1) is 0 Å². The molecule has 0 spiro atoms. The van der Waals surface area contributed by atoms with E-state index in [2.05, 4.69) is 19.9 Å². The van der Waals surface area contributed by atoms with Crippen molar-refractivity contribution in [1.82, 2.24) is 4.90 Å². The molecule has 1 unspecified atom stereocenters. The third-order valence-electron chi connectivity index (χ3n) is 3.83. The first-order valence-electron chi connectivity index (χ1n) is 6.78. The van der Waals surface area contributed by atoms with Crippen LogP contribution in [0, 0.1) is 12.8 Å². The number of hydrogen-bond donors (Lipinski definition) is 2. The zero-order chi connectivity index (χ0) is 14.2. The number of aryl methyl sites for hydroxylation is 1. The minimum Gasteiger partial charge on any atom is -0.465 e. The van der Waals surface area contributed by atoms with Crippen LogP contribution < -0.4 is 5.73 Å². The highest BCUT2D eigenvalue weighted by Gasteiger charge is 2.31. The summed E-state index contributed by atoms with van der Waals surface area (Å²) >= 11 is 0. The molecule has 4 nitrogen and oxygen atoms in total. The first kappa shape index (κ1) is 13.7. The lowest BCUT2D eigenvalue weighted by Crippen LogP contribution is -2.39. The maximum Gasteiger partial charge on any atom is 0.407 e. The van der Waals surface area contributed by atoms with Gasteiger partial charge in [0.2, 0.25) is 0 Å². The van der Waals surface area contributed by atoms with Crippen LogP contribution in [0.2, 0.25) is 0 Å². The van der Waals surface area contributed by atoms with Crippen LogP contribution in [0.5, 0.6) is 0 Å². The number of rotatable bonds is 2. The SMILES string of the molecule is Cc1cc2c(cc1N)CCN(C(=O)O)C2CC(C)C. The fourth-order valence-electron chi connectivity index (χ4n) is 2.82. The summed E-state index contributed by atoms with van der Waals surface area (Å²) in [6.07, 6.45) is 0.773. The Labute approximate surface area is 114 Å². The standard InChI is InChI=1S/C15H22N2O2/c1-9(2)6-14-12-7-10(3)13(16)8-11(12)4-5-17(14)15(18)19/h7-9,14H,4-6,16H2,1-3H3,(H,18,19). The molecule has 0 saturated carbocycles. The second-order valence-corrected chi connectivity index (χ2v) is 5.78. The van der Waals surface area contributed by atoms with E-state index in [-0.39, 0.29) is 6.04 Å². The van der Waals surface area contributed by atoms with Crippen LogP contribution in [-0.2, 0) is 6.42 Å². The van der Waals surface area contributed by atoms with Crippen molar-refractivity contribution in [3.8, 4) is 0 Å². The molecule has 0 aliphatic carbocycles. The van der Waals surface area contributed by atoms with E-state index < -0.39 is 6.09 Å². The van der Waals surface area contributed by atoms with Gasteiger partial charge >= 0.3 is 6.09 Å². The molecule has 0 saturated heterocycles. The average Bonchev–Trinajstić information content (AvgIpc) is 2.30. The Balaban J connectivity index is 2.45. The minimum absolute atomic E-state index is 0.0412. The van der Waals surface area contributed by atoms with Crippen LogP contribution in [0.3, 0.4) is 0 Å². The molecule has 1 aromatic rings. The summed E-state index contributed by atoms with van der Waals surface area (Å²) < 4.78 is 0. The summed E-state index contributed by atoms with van der Waals surface area (Å²) in [6, 6.07) is 4.03. The van der Waals surface area contributed by atoms with Gasteiger partial charge in [0, 0.05) is 12.2 Å². The molecule has 1 amide bonds. The van der Waals surface area contributed by atoms with Gasteiger partial charge in [-0.2, -0.15) is 0 Å². The number of amides is 1. The number of carboxylic acid groups (broad SMARTS) is 1. The Hall–Kier alpha value is -1.71. The first-order chi connectivity index (χ1) is 8.90. The molecule has 3 N–H and O–H groups in total. The molecular formula is C15H22N2O2. The molecule has 0 bridgehead atoms. The summed E-state index contributed by atoms with van der Waals surface area (Å²) in [6.45, 7) is 6.78. The fourth-order valence-corrected chi connectivity index (χ4v) is 2.82. The Morgan fingerprint density at radius 1 is 1.53 bits per heavy atom.